The van der Waals surface area contributed by atoms with Gasteiger partial charge in [0.2, 0.25) is 5.91 Å². The molecule has 0 radical (unpaired) electrons. The van der Waals surface area contributed by atoms with Gasteiger partial charge in [-0.1, -0.05) is 6.07 Å². The van der Waals surface area contributed by atoms with E-state index in [2.05, 4.69) is 11.4 Å². The van der Waals surface area contributed by atoms with E-state index in [1.165, 1.54) is 4.88 Å². The van der Waals surface area contributed by atoms with E-state index in [1.54, 1.807) is 11.3 Å². The molecule has 21 heavy (non-hydrogen) atoms. The lowest BCUT2D eigenvalue weighted by Crippen LogP contribution is -2.47. The van der Waals surface area contributed by atoms with E-state index in [4.69, 9.17) is 9.84 Å². The average molecular weight is 312 g/mol. The third-order valence-corrected chi connectivity index (χ3v) is 4.20. The van der Waals surface area contributed by atoms with Crippen LogP contribution < -0.4 is 5.32 Å². The Bertz CT molecular complexity index is 464. The number of morpholine rings is 1. The van der Waals surface area contributed by atoms with E-state index in [0.29, 0.717) is 32.8 Å². The fourth-order valence-corrected chi connectivity index (χ4v) is 2.99. The van der Waals surface area contributed by atoms with Crippen molar-refractivity contribution in [2.24, 2.45) is 0 Å². The molecule has 0 saturated carbocycles. The highest BCUT2D eigenvalue weighted by molar-refractivity contribution is 7.09. The van der Waals surface area contributed by atoms with Crippen molar-refractivity contribution in [1.82, 2.24) is 10.2 Å². The fraction of sp³-hybridized carbons (Fsp3) is 0.571. The van der Waals surface area contributed by atoms with E-state index in [0.717, 1.165) is 6.42 Å². The van der Waals surface area contributed by atoms with Crippen LogP contribution in [0.2, 0.25) is 0 Å². The number of carboxylic acids is 1. The normalized spacial score (nSPS) is 19.3. The predicted octanol–water partition coefficient (Wildman–Crippen LogP) is 0.582. The molecule has 0 spiro atoms. The fourth-order valence-electron chi connectivity index (χ4n) is 2.28. The summed E-state index contributed by atoms with van der Waals surface area (Å²) in [7, 11) is 0. The summed E-state index contributed by atoms with van der Waals surface area (Å²) in [5, 5.41) is 13.7. The molecule has 1 saturated heterocycles. The van der Waals surface area contributed by atoms with Gasteiger partial charge in [0.1, 0.15) is 0 Å². The van der Waals surface area contributed by atoms with Crippen molar-refractivity contribution in [2.75, 3.05) is 32.8 Å². The zero-order valence-electron chi connectivity index (χ0n) is 11.8. The summed E-state index contributed by atoms with van der Waals surface area (Å²) in [4.78, 5) is 25.7. The number of aliphatic carboxylic acids is 1. The number of carbonyl (C=O) groups excluding carboxylic acids is 1. The van der Waals surface area contributed by atoms with Crippen molar-refractivity contribution >= 4 is 23.2 Å². The van der Waals surface area contributed by atoms with Gasteiger partial charge in [0.25, 0.3) is 0 Å². The predicted molar refractivity (Wildman–Crippen MR) is 79.5 cm³/mol. The minimum Gasteiger partial charge on any atom is -0.481 e. The summed E-state index contributed by atoms with van der Waals surface area (Å²) in [6.07, 6.45) is 0.500. The van der Waals surface area contributed by atoms with Crippen LogP contribution in [0.4, 0.5) is 0 Å². The van der Waals surface area contributed by atoms with Gasteiger partial charge in [-0.05, 0) is 17.9 Å². The Morgan fingerprint density at radius 2 is 2.38 bits per heavy atom. The molecule has 1 aliphatic heterocycles. The maximum atomic E-state index is 11.9. The van der Waals surface area contributed by atoms with E-state index in [-0.39, 0.29) is 18.4 Å². The van der Waals surface area contributed by atoms with E-state index in [9.17, 15) is 9.59 Å². The van der Waals surface area contributed by atoms with Crippen molar-refractivity contribution in [2.45, 2.75) is 18.9 Å². The number of carbonyl (C=O) groups is 2. The van der Waals surface area contributed by atoms with Gasteiger partial charge in [-0.2, -0.15) is 0 Å². The van der Waals surface area contributed by atoms with E-state index in [1.807, 2.05) is 16.3 Å². The second-order valence-electron chi connectivity index (χ2n) is 5.01. The Kier molecular flexibility index (Phi) is 6.16. The smallest absolute Gasteiger partial charge is 0.306 e. The number of ether oxygens (including phenoxy) is 1. The average Bonchev–Trinajstić information content (AvgIpc) is 2.91. The Morgan fingerprint density at radius 1 is 1.52 bits per heavy atom. The summed E-state index contributed by atoms with van der Waals surface area (Å²) >= 11 is 1.68. The van der Waals surface area contributed by atoms with Crippen LogP contribution in [0.3, 0.4) is 0 Å². The SMILES string of the molecule is O=C(O)CC1CN(CC(=O)NCCc2cccs2)CCO1. The molecule has 1 unspecified atom stereocenters. The van der Waals surface area contributed by atoms with E-state index < -0.39 is 5.97 Å². The maximum Gasteiger partial charge on any atom is 0.306 e. The molecule has 1 fully saturated rings. The topological polar surface area (TPSA) is 78.9 Å². The molecule has 2 rings (SSSR count). The number of thiophene rings is 1. The summed E-state index contributed by atoms with van der Waals surface area (Å²) < 4.78 is 5.38. The van der Waals surface area contributed by atoms with Crippen molar-refractivity contribution in [1.29, 1.82) is 0 Å². The number of nitrogens with one attached hydrogen (secondary N) is 1. The molecule has 1 aliphatic rings. The Balaban J connectivity index is 1.65. The molecule has 0 bridgehead atoms. The monoisotopic (exact) mass is 312 g/mol. The van der Waals surface area contributed by atoms with Crippen LogP contribution in [0.1, 0.15) is 11.3 Å². The molecule has 0 aromatic carbocycles. The number of hydrogen-bond acceptors (Lipinski definition) is 5. The standard InChI is InChI=1S/C14H20N2O4S/c17-13(15-4-3-12-2-1-7-21-12)10-16-5-6-20-11(9-16)8-14(18)19/h1-2,7,11H,3-6,8-10H2,(H,15,17)(H,18,19). The van der Waals surface area contributed by atoms with Gasteiger partial charge >= 0.3 is 5.97 Å². The molecular weight excluding hydrogens is 292 g/mol. The lowest BCUT2D eigenvalue weighted by molar-refractivity contribution is -0.142. The van der Waals surface area contributed by atoms with Crippen LogP contribution in [0, 0.1) is 0 Å². The Labute approximate surface area is 127 Å². The molecule has 116 valence electrons. The summed E-state index contributed by atoms with van der Waals surface area (Å²) in [6.45, 7) is 2.55. The van der Waals surface area contributed by atoms with Gasteiger partial charge in [-0.15, -0.1) is 11.3 Å². The first-order valence-electron chi connectivity index (χ1n) is 6.98. The third-order valence-electron chi connectivity index (χ3n) is 3.27. The lowest BCUT2D eigenvalue weighted by atomic mass is 10.2. The minimum atomic E-state index is -0.873. The Hall–Kier alpha value is -1.44. The summed E-state index contributed by atoms with van der Waals surface area (Å²) in [5.41, 5.74) is 0. The molecule has 7 heteroatoms. The summed E-state index contributed by atoms with van der Waals surface area (Å²) in [6, 6.07) is 4.05. The molecule has 1 atom stereocenters. The number of carboxylic acid groups (broad SMARTS) is 1. The highest BCUT2D eigenvalue weighted by Crippen LogP contribution is 2.09. The summed E-state index contributed by atoms with van der Waals surface area (Å²) in [5.74, 6) is -0.898. The largest absolute Gasteiger partial charge is 0.481 e. The highest BCUT2D eigenvalue weighted by Gasteiger charge is 2.23. The highest BCUT2D eigenvalue weighted by atomic mass is 32.1. The third kappa shape index (κ3) is 5.82. The molecule has 1 aromatic rings. The molecule has 6 nitrogen and oxygen atoms in total. The van der Waals surface area contributed by atoms with Crippen LogP contribution >= 0.6 is 11.3 Å². The maximum absolute atomic E-state index is 11.9. The van der Waals surface area contributed by atoms with Gasteiger partial charge in [0.05, 0.1) is 25.7 Å². The van der Waals surface area contributed by atoms with Crippen molar-refractivity contribution in [3.8, 4) is 0 Å². The minimum absolute atomic E-state index is 0.0174. The van der Waals surface area contributed by atoms with Gasteiger partial charge in [-0.3, -0.25) is 14.5 Å². The first-order chi connectivity index (χ1) is 10.1. The number of amides is 1. The first-order valence-corrected chi connectivity index (χ1v) is 7.86. The molecule has 2 heterocycles. The van der Waals surface area contributed by atoms with E-state index >= 15 is 0 Å². The van der Waals surface area contributed by atoms with Crippen molar-refractivity contribution in [3.63, 3.8) is 0 Å². The molecule has 0 aliphatic carbocycles. The second-order valence-corrected chi connectivity index (χ2v) is 6.04. The van der Waals surface area contributed by atoms with Crippen LogP contribution in [0.15, 0.2) is 17.5 Å². The van der Waals surface area contributed by atoms with Gasteiger partial charge < -0.3 is 15.2 Å². The van der Waals surface area contributed by atoms with Crippen molar-refractivity contribution < 1.29 is 19.4 Å². The number of nitrogens with zero attached hydrogens (tertiary/aromatic N) is 1. The lowest BCUT2D eigenvalue weighted by Gasteiger charge is -2.31. The molecular formula is C14H20N2O4S. The zero-order valence-corrected chi connectivity index (χ0v) is 12.6. The first kappa shape index (κ1) is 15.9. The van der Waals surface area contributed by atoms with Crippen LogP contribution in [0.25, 0.3) is 0 Å². The number of hydrogen-bond donors (Lipinski definition) is 2. The van der Waals surface area contributed by atoms with Gasteiger partial charge in [-0.25, -0.2) is 0 Å². The Morgan fingerprint density at radius 3 is 3.10 bits per heavy atom. The van der Waals surface area contributed by atoms with Crippen LogP contribution in [-0.2, 0) is 20.7 Å². The zero-order chi connectivity index (χ0) is 15.1. The van der Waals surface area contributed by atoms with Crippen LogP contribution in [-0.4, -0.2) is 60.8 Å². The second kappa shape index (κ2) is 8.11. The van der Waals surface area contributed by atoms with Crippen molar-refractivity contribution in [3.05, 3.63) is 22.4 Å². The van der Waals surface area contributed by atoms with Crippen LogP contribution in [0.5, 0.6) is 0 Å². The molecule has 1 amide bonds. The van der Waals surface area contributed by atoms with Gasteiger partial charge in [0.15, 0.2) is 0 Å². The van der Waals surface area contributed by atoms with Gasteiger partial charge in [0, 0.05) is 24.5 Å². The quantitative estimate of drug-likeness (QED) is 0.770. The number of rotatable bonds is 7. The molecule has 2 N–H and O–H groups in total. The molecule has 1 aromatic heterocycles.